The van der Waals surface area contributed by atoms with Crippen molar-refractivity contribution in [3.63, 3.8) is 0 Å². The summed E-state index contributed by atoms with van der Waals surface area (Å²) in [6.07, 6.45) is -3.35. The molecular weight excluding hydrogens is 285 g/mol. The number of amides is 2. The third-order valence-electron chi connectivity index (χ3n) is 3.19. The van der Waals surface area contributed by atoms with Crippen LogP contribution in [0, 0.1) is 6.92 Å². The van der Waals surface area contributed by atoms with Crippen LogP contribution in [0.15, 0.2) is 18.2 Å². The van der Waals surface area contributed by atoms with E-state index in [1.165, 1.54) is 17.9 Å². The lowest BCUT2D eigenvalue weighted by Crippen LogP contribution is -2.34. The average Bonchev–Trinajstić information content (AvgIpc) is 2.73. The van der Waals surface area contributed by atoms with Crippen molar-refractivity contribution in [1.82, 2.24) is 4.90 Å². The van der Waals surface area contributed by atoms with E-state index in [0.717, 1.165) is 12.1 Å². The molecule has 1 aromatic carbocycles. The largest absolute Gasteiger partial charge is 0.416 e. The first-order valence-electron chi connectivity index (χ1n) is 6.52. The second-order valence-corrected chi connectivity index (χ2v) is 5.05. The third kappa shape index (κ3) is 3.96. The van der Waals surface area contributed by atoms with Crippen molar-refractivity contribution in [2.45, 2.75) is 25.9 Å². The number of rotatable bonds is 3. The van der Waals surface area contributed by atoms with Gasteiger partial charge in [0.1, 0.15) is 0 Å². The van der Waals surface area contributed by atoms with Gasteiger partial charge in [-0.15, -0.1) is 0 Å². The van der Waals surface area contributed by atoms with Crippen molar-refractivity contribution in [2.75, 3.05) is 18.4 Å². The molecular formula is C14H15F3N2O2. The van der Waals surface area contributed by atoms with Crippen LogP contribution in [-0.4, -0.2) is 29.8 Å². The molecule has 1 heterocycles. The maximum absolute atomic E-state index is 12.7. The van der Waals surface area contributed by atoms with E-state index < -0.39 is 17.6 Å². The van der Waals surface area contributed by atoms with E-state index in [1.807, 2.05) is 0 Å². The van der Waals surface area contributed by atoms with Gasteiger partial charge in [-0.2, -0.15) is 13.2 Å². The van der Waals surface area contributed by atoms with Gasteiger partial charge < -0.3 is 10.2 Å². The summed E-state index contributed by atoms with van der Waals surface area (Å²) in [6.45, 7) is 1.90. The number of carbonyl (C=O) groups is 2. The molecule has 0 atom stereocenters. The fourth-order valence-corrected chi connectivity index (χ4v) is 2.26. The third-order valence-corrected chi connectivity index (χ3v) is 3.19. The molecule has 1 fully saturated rings. The molecule has 1 N–H and O–H groups in total. The van der Waals surface area contributed by atoms with E-state index in [-0.39, 0.29) is 18.1 Å². The van der Waals surface area contributed by atoms with Gasteiger partial charge in [-0.05, 0) is 37.1 Å². The summed E-state index contributed by atoms with van der Waals surface area (Å²) in [4.78, 5) is 24.6. The maximum Gasteiger partial charge on any atom is 0.416 e. The van der Waals surface area contributed by atoms with Crippen LogP contribution in [0.3, 0.4) is 0 Å². The van der Waals surface area contributed by atoms with Gasteiger partial charge in [0.05, 0.1) is 12.1 Å². The standard InChI is InChI=1S/C14H15F3N2O2/c1-9-5-10(14(15,16)17)7-11(6-9)18-12(20)8-19-4-2-3-13(19)21/h5-7H,2-4,8H2,1H3,(H,18,20). The lowest BCUT2D eigenvalue weighted by Gasteiger charge is -2.16. The molecule has 2 amide bonds. The first-order chi connectivity index (χ1) is 9.75. The zero-order valence-electron chi connectivity index (χ0n) is 11.5. The Kier molecular flexibility index (Phi) is 4.20. The molecule has 0 unspecified atom stereocenters. The molecule has 2 rings (SSSR count). The molecule has 1 aromatic rings. The van der Waals surface area contributed by atoms with Gasteiger partial charge in [-0.3, -0.25) is 9.59 Å². The fraction of sp³-hybridized carbons (Fsp3) is 0.429. The predicted molar refractivity (Wildman–Crippen MR) is 70.6 cm³/mol. The van der Waals surface area contributed by atoms with Gasteiger partial charge in [0.2, 0.25) is 11.8 Å². The Morgan fingerprint density at radius 1 is 1.33 bits per heavy atom. The number of anilines is 1. The molecule has 1 aliphatic rings. The van der Waals surface area contributed by atoms with E-state index in [2.05, 4.69) is 5.32 Å². The van der Waals surface area contributed by atoms with Crippen LogP contribution in [0.4, 0.5) is 18.9 Å². The molecule has 0 aliphatic carbocycles. The SMILES string of the molecule is Cc1cc(NC(=O)CN2CCCC2=O)cc(C(F)(F)F)c1. The number of nitrogens with zero attached hydrogens (tertiary/aromatic N) is 1. The number of benzene rings is 1. The van der Waals surface area contributed by atoms with Gasteiger partial charge in [-0.1, -0.05) is 0 Å². The lowest BCUT2D eigenvalue weighted by atomic mass is 10.1. The van der Waals surface area contributed by atoms with Crippen LogP contribution in [0.2, 0.25) is 0 Å². The van der Waals surface area contributed by atoms with E-state index >= 15 is 0 Å². The van der Waals surface area contributed by atoms with Crippen LogP contribution < -0.4 is 5.32 Å². The molecule has 1 saturated heterocycles. The molecule has 1 aliphatic heterocycles. The highest BCUT2D eigenvalue weighted by Gasteiger charge is 2.31. The number of nitrogens with one attached hydrogen (secondary N) is 1. The molecule has 0 bridgehead atoms. The Balaban J connectivity index is 2.07. The van der Waals surface area contributed by atoms with Crippen molar-refractivity contribution in [2.24, 2.45) is 0 Å². The predicted octanol–water partition coefficient (Wildman–Crippen LogP) is 2.57. The zero-order chi connectivity index (χ0) is 15.6. The van der Waals surface area contributed by atoms with Crippen LogP contribution in [0.25, 0.3) is 0 Å². The minimum atomic E-state index is -4.46. The smallest absolute Gasteiger partial charge is 0.333 e. The number of alkyl halides is 3. The quantitative estimate of drug-likeness (QED) is 0.932. The lowest BCUT2D eigenvalue weighted by molar-refractivity contribution is -0.137. The summed E-state index contributed by atoms with van der Waals surface area (Å²) in [5.41, 5.74) is -0.327. The van der Waals surface area contributed by atoms with E-state index in [9.17, 15) is 22.8 Å². The van der Waals surface area contributed by atoms with Gasteiger partial charge in [-0.25, -0.2) is 0 Å². The number of likely N-dealkylation sites (tertiary alicyclic amines) is 1. The molecule has 0 aromatic heterocycles. The topological polar surface area (TPSA) is 49.4 Å². The van der Waals surface area contributed by atoms with E-state index in [4.69, 9.17) is 0 Å². The Morgan fingerprint density at radius 2 is 2.05 bits per heavy atom. The summed E-state index contributed by atoms with van der Waals surface area (Å²) in [7, 11) is 0. The van der Waals surface area contributed by atoms with Crippen LogP contribution in [0.5, 0.6) is 0 Å². The number of halogens is 3. The minimum absolute atomic E-state index is 0.0824. The zero-order valence-corrected chi connectivity index (χ0v) is 11.5. The van der Waals surface area contributed by atoms with Crippen LogP contribution in [0.1, 0.15) is 24.0 Å². The van der Waals surface area contributed by atoms with Gasteiger partial charge in [0.15, 0.2) is 0 Å². The summed E-state index contributed by atoms with van der Waals surface area (Å²) < 4.78 is 38.1. The van der Waals surface area contributed by atoms with Crippen molar-refractivity contribution >= 4 is 17.5 Å². The summed E-state index contributed by atoms with van der Waals surface area (Å²) in [5.74, 6) is -0.602. The first kappa shape index (κ1) is 15.3. The number of hydrogen-bond acceptors (Lipinski definition) is 2. The van der Waals surface area contributed by atoms with Gasteiger partial charge >= 0.3 is 6.18 Å². The monoisotopic (exact) mass is 300 g/mol. The second-order valence-electron chi connectivity index (χ2n) is 5.05. The maximum atomic E-state index is 12.7. The molecule has 0 spiro atoms. The summed E-state index contributed by atoms with van der Waals surface area (Å²) >= 11 is 0. The number of hydrogen-bond donors (Lipinski definition) is 1. The summed E-state index contributed by atoms with van der Waals surface area (Å²) in [6, 6.07) is 3.36. The summed E-state index contributed by atoms with van der Waals surface area (Å²) in [5, 5.41) is 2.41. The highest BCUT2D eigenvalue weighted by molar-refractivity contribution is 5.95. The average molecular weight is 300 g/mol. The van der Waals surface area contributed by atoms with Crippen LogP contribution in [-0.2, 0) is 15.8 Å². The molecule has 0 saturated carbocycles. The van der Waals surface area contributed by atoms with Crippen molar-refractivity contribution in [1.29, 1.82) is 0 Å². The Bertz CT molecular complexity index is 570. The Hall–Kier alpha value is -2.05. The molecule has 4 nitrogen and oxygen atoms in total. The molecule has 0 radical (unpaired) electrons. The normalized spacial score (nSPS) is 15.4. The molecule has 114 valence electrons. The van der Waals surface area contributed by atoms with Crippen molar-refractivity contribution < 1.29 is 22.8 Å². The first-order valence-corrected chi connectivity index (χ1v) is 6.52. The van der Waals surface area contributed by atoms with E-state index in [0.29, 0.717) is 24.9 Å². The molecule has 21 heavy (non-hydrogen) atoms. The Morgan fingerprint density at radius 3 is 2.62 bits per heavy atom. The Labute approximate surface area is 119 Å². The van der Waals surface area contributed by atoms with Gasteiger partial charge in [0, 0.05) is 18.7 Å². The highest BCUT2D eigenvalue weighted by Crippen LogP contribution is 2.31. The van der Waals surface area contributed by atoms with Gasteiger partial charge in [0.25, 0.3) is 0 Å². The van der Waals surface area contributed by atoms with Crippen molar-refractivity contribution in [3.05, 3.63) is 29.3 Å². The number of aryl methyl sites for hydroxylation is 1. The van der Waals surface area contributed by atoms with Crippen LogP contribution >= 0.6 is 0 Å². The molecule has 7 heteroatoms. The number of carbonyl (C=O) groups excluding carboxylic acids is 2. The van der Waals surface area contributed by atoms with E-state index in [1.54, 1.807) is 0 Å². The minimum Gasteiger partial charge on any atom is -0.333 e. The fourth-order valence-electron chi connectivity index (χ4n) is 2.26. The van der Waals surface area contributed by atoms with Crippen molar-refractivity contribution in [3.8, 4) is 0 Å². The second kappa shape index (κ2) is 5.75. The highest BCUT2D eigenvalue weighted by atomic mass is 19.4.